The second-order valence-corrected chi connectivity index (χ2v) is 3.37. The van der Waals surface area contributed by atoms with Crippen LogP contribution in [0.1, 0.15) is 20.8 Å². The lowest BCUT2D eigenvalue weighted by Gasteiger charge is -2.02. The number of pyridine rings is 1. The summed E-state index contributed by atoms with van der Waals surface area (Å²) in [5, 5.41) is 4.29. The number of nitrogens with zero attached hydrogens (tertiary/aromatic N) is 1. The Kier molecular flexibility index (Phi) is 2.64. The molecule has 1 N–H and O–H groups in total. The van der Waals surface area contributed by atoms with Crippen LogP contribution in [0.3, 0.4) is 0 Å². The molecule has 4 heteroatoms. The SMILES string of the molecule is CNC(=O)c1ccc2cc(C=O)ncc2c1. The van der Waals surface area contributed by atoms with Crippen molar-refractivity contribution in [1.82, 2.24) is 10.3 Å². The van der Waals surface area contributed by atoms with Crippen LogP contribution in [0.25, 0.3) is 10.8 Å². The molecule has 0 saturated heterocycles. The van der Waals surface area contributed by atoms with Crippen molar-refractivity contribution >= 4 is 23.0 Å². The van der Waals surface area contributed by atoms with Crippen LogP contribution < -0.4 is 5.32 Å². The molecule has 0 bridgehead atoms. The molecular weight excluding hydrogens is 204 g/mol. The van der Waals surface area contributed by atoms with Crippen molar-refractivity contribution in [2.75, 3.05) is 7.05 Å². The summed E-state index contributed by atoms with van der Waals surface area (Å²) >= 11 is 0. The van der Waals surface area contributed by atoms with Crippen LogP contribution in [-0.2, 0) is 0 Å². The Hall–Kier alpha value is -2.23. The summed E-state index contributed by atoms with van der Waals surface area (Å²) in [5.41, 5.74) is 0.968. The van der Waals surface area contributed by atoms with Gasteiger partial charge in [-0.3, -0.25) is 14.6 Å². The number of aldehydes is 1. The maximum absolute atomic E-state index is 11.4. The first kappa shape index (κ1) is 10.3. The standard InChI is InChI=1S/C12H10N2O2/c1-13-12(16)9-3-2-8-5-11(7-15)14-6-10(8)4-9/h2-7H,1H3,(H,13,16). The fourth-order valence-corrected chi connectivity index (χ4v) is 1.51. The molecule has 0 atom stereocenters. The number of carbonyl (C=O) groups excluding carboxylic acids is 2. The molecule has 0 saturated carbocycles. The minimum absolute atomic E-state index is 0.138. The van der Waals surface area contributed by atoms with Crippen molar-refractivity contribution < 1.29 is 9.59 Å². The number of aromatic nitrogens is 1. The smallest absolute Gasteiger partial charge is 0.251 e. The Labute approximate surface area is 92.3 Å². The van der Waals surface area contributed by atoms with E-state index in [0.717, 1.165) is 10.8 Å². The third kappa shape index (κ3) is 1.77. The summed E-state index contributed by atoms with van der Waals surface area (Å²) < 4.78 is 0. The molecule has 0 aliphatic heterocycles. The van der Waals surface area contributed by atoms with Gasteiger partial charge in [0, 0.05) is 24.2 Å². The largest absolute Gasteiger partial charge is 0.355 e. The topological polar surface area (TPSA) is 59.1 Å². The zero-order valence-electron chi connectivity index (χ0n) is 8.73. The molecule has 0 aliphatic rings. The van der Waals surface area contributed by atoms with E-state index in [1.54, 1.807) is 37.5 Å². The fraction of sp³-hybridized carbons (Fsp3) is 0.0833. The molecule has 1 aromatic heterocycles. The van der Waals surface area contributed by atoms with Crippen molar-refractivity contribution in [3.8, 4) is 0 Å². The number of benzene rings is 1. The van der Waals surface area contributed by atoms with Gasteiger partial charge in [0.15, 0.2) is 6.29 Å². The quantitative estimate of drug-likeness (QED) is 0.769. The van der Waals surface area contributed by atoms with Gasteiger partial charge in [-0.05, 0) is 23.6 Å². The van der Waals surface area contributed by atoms with E-state index < -0.39 is 0 Å². The molecule has 4 nitrogen and oxygen atoms in total. The monoisotopic (exact) mass is 214 g/mol. The average molecular weight is 214 g/mol. The van der Waals surface area contributed by atoms with Crippen LogP contribution in [0, 0.1) is 0 Å². The van der Waals surface area contributed by atoms with Gasteiger partial charge < -0.3 is 5.32 Å². The lowest BCUT2D eigenvalue weighted by molar-refractivity contribution is 0.0963. The maximum Gasteiger partial charge on any atom is 0.251 e. The number of hydrogen-bond donors (Lipinski definition) is 1. The molecule has 1 amide bonds. The maximum atomic E-state index is 11.4. The third-order valence-electron chi connectivity index (χ3n) is 2.35. The predicted molar refractivity (Wildman–Crippen MR) is 60.5 cm³/mol. The van der Waals surface area contributed by atoms with Gasteiger partial charge in [-0.2, -0.15) is 0 Å². The highest BCUT2D eigenvalue weighted by atomic mass is 16.1. The summed E-state index contributed by atoms with van der Waals surface area (Å²) in [5.74, 6) is -0.138. The van der Waals surface area contributed by atoms with Gasteiger partial charge in [0.2, 0.25) is 0 Å². The summed E-state index contributed by atoms with van der Waals surface area (Å²) in [6, 6.07) is 6.95. The number of fused-ring (bicyclic) bond motifs is 1. The van der Waals surface area contributed by atoms with Crippen molar-refractivity contribution in [3.05, 3.63) is 41.7 Å². The lowest BCUT2D eigenvalue weighted by Crippen LogP contribution is -2.17. The van der Waals surface area contributed by atoms with Gasteiger partial charge >= 0.3 is 0 Å². The first-order valence-corrected chi connectivity index (χ1v) is 4.81. The van der Waals surface area contributed by atoms with E-state index in [4.69, 9.17) is 0 Å². The molecular formula is C12H10N2O2. The zero-order valence-corrected chi connectivity index (χ0v) is 8.73. The minimum Gasteiger partial charge on any atom is -0.355 e. The Bertz CT molecular complexity index is 564. The van der Waals surface area contributed by atoms with Crippen molar-refractivity contribution in [1.29, 1.82) is 0 Å². The minimum atomic E-state index is -0.138. The van der Waals surface area contributed by atoms with Crippen LogP contribution in [0.15, 0.2) is 30.5 Å². The summed E-state index contributed by atoms with van der Waals surface area (Å²) in [7, 11) is 1.58. The molecule has 2 aromatic rings. The normalized spacial score (nSPS) is 10.1. The molecule has 16 heavy (non-hydrogen) atoms. The second-order valence-electron chi connectivity index (χ2n) is 3.37. The summed E-state index contributed by atoms with van der Waals surface area (Å²) in [6.45, 7) is 0. The lowest BCUT2D eigenvalue weighted by atomic mass is 10.1. The Morgan fingerprint density at radius 2 is 2.12 bits per heavy atom. The van der Waals surface area contributed by atoms with E-state index >= 15 is 0 Å². The van der Waals surface area contributed by atoms with Crippen molar-refractivity contribution in [2.24, 2.45) is 0 Å². The van der Waals surface area contributed by atoms with Crippen LogP contribution in [0.2, 0.25) is 0 Å². The first-order chi connectivity index (χ1) is 7.74. The molecule has 1 heterocycles. The Morgan fingerprint density at radius 1 is 1.31 bits per heavy atom. The molecule has 2 rings (SSSR count). The van der Waals surface area contributed by atoms with Crippen molar-refractivity contribution in [2.45, 2.75) is 0 Å². The predicted octanol–water partition coefficient (Wildman–Crippen LogP) is 1.41. The Balaban J connectivity index is 2.55. The van der Waals surface area contributed by atoms with Gasteiger partial charge in [0.25, 0.3) is 5.91 Å². The van der Waals surface area contributed by atoms with Crippen molar-refractivity contribution in [3.63, 3.8) is 0 Å². The van der Waals surface area contributed by atoms with E-state index in [-0.39, 0.29) is 5.91 Å². The third-order valence-corrected chi connectivity index (χ3v) is 2.35. The number of amides is 1. The van der Waals surface area contributed by atoms with E-state index in [1.807, 2.05) is 0 Å². The van der Waals surface area contributed by atoms with Crippen LogP contribution in [0.4, 0.5) is 0 Å². The molecule has 0 aliphatic carbocycles. The number of nitrogens with one attached hydrogen (secondary N) is 1. The second kappa shape index (κ2) is 4.10. The average Bonchev–Trinajstić information content (AvgIpc) is 2.36. The van der Waals surface area contributed by atoms with Crippen LogP contribution in [-0.4, -0.2) is 24.2 Å². The zero-order chi connectivity index (χ0) is 11.5. The first-order valence-electron chi connectivity index (χ1n) is 4.81. The molecule has 1 aromatic carbocycles. The number of carbonyl (C=O) groups is 2. The van der Waals surface area contributed by atoms with Gasteiger partial charge in [0.1, 0.15) is 5.69 Å². The van der Waals surface area contributed by atoms with Gasteiger partial charge in [-0.25, -0.2) is 0 Å². The molecule has 80 valence electrons. The number of hydrogen-bond acceptors (Lipinski definition) is 3. The van der Waals surface area contributed by atoms with Gasteiger partial charge in [-0.15, -0.1) is 0 Å². The van der Waals surface area contributed by atoms with E-state index in [1.165, 1.54) is 0 Å². The number of rotatable bonds is 2. The molecule has 0 fully saturated rings. The van der Waals surface area contributed by atoms with E-state index in [2.05, 4.69) is 10.3 Å². The summed E-state index contributed by atoms with van der Waals surface area (Å²) in [6.07, 6.45) is 2.29. The fourth-order valence-electron chi connectivity index (χ4n) is 1.51. The summed E-state index contributed by atoms with van der Waals surface area (Å²) in [4.78, 5) is 25.9. The molecule has 0 spiro atoms. The van der Waals surface area contributed by atoms with Gasteiger partial charge in [-0.1, -0.05) is 6.07 Å². The van der Waals surface area contributed by atoms with E-state index in [0.29, 0.717) is 17.5 Å². The van der Waals surface area contributed by atoms with Crippen LogP contribution in [0.5, 0.6) is 0 Å². The highest BCUT2D eigenvalue weighted by Crippen LogP contribution is 2.15. The molecule has 0 radical (unpaired) electrons. The Morgan fingerprint density at radius 3 is 2.81 bits per heavy atom. The van der Waals surface area contributed by atoms with Crippen LogP contribution >= 0.6 is 0 Å². The highest BCUT2D eigenvalue weighted by Gasteiger charge is 2.04. The van der Waals surface area contributed by atoms with E-state index in [9.17, 15) is 9.59 Å². The highest BCUT2D eigenvalue weighted by molar-refractivity contribution is 5.98. The van der Waals surface area contributed by atoms with Gasteiger partial charge in [0.05, 0.1) is 0 Å². The molecule has 0 unspecified atom stereocenters.